The minimum atomic E-state index is -0.362. The van der Waals surface area contributed by atoms with Gasteiger partial charge in [0.1, 0.15) is 4.83 Å². The molecular formula is C9H17BrO3. The lowest BCUT2D eigenvalue weighted by molar-refractivity contribution is -0.141. The quantitative estimate of drug-likeness (QED) is 0.555. The number of ether oxygens (including phenoxy) is 2. The van der Waals surface area contributed by atoms with Gasteiger partial charge < -0.3 is 9.47 Å². The molecule has 0 N–H and O–H groups in total. The van der Waals surface area contributed by atoms with Crippen molar-refractivity contribution in [1.29, 1.82) is 0 Å². The second-order valence-electron chi connectivity index (χ2n) is 3.27. The fraction of sp³-hybridized carbons (Fsp3) is 0.889. The van der Waals surface area contributed by atoms with Gasteiger partial charge in [0.2, 0.25) is 0 Å². The zero-order valence-electron chi connectivity index (χ0n) is 8.54. The summed E-state index contributed by atoms with van der Waals surface area (Å²) in [5, 5.41) is 0. The summed E-state index contributed by atoms with van der Waals surface area (Å²) in [7, 11) is 1.36. The van der Waals surface area contributed by atoms with Crippen LogP contribution in [0.4, 0.5) is 0 Å². The average molecular weight is 253 g/mol. The lowest BCUT2D eigenvalue weighted by Gasteiger charge is -2.17. The van der Waals surface area contributed by atoms with Crippen molar-refractivity contribution >= 4 is 21.9 Å². The molecule has 0 amide bonds. The maximum Gasteiger partial charge on any atom is 0.321 e. The third-order valence-electron chi connectivity index (χ3n) is 1.90. The van der Waals surface area contributed by atoms with Crippen molar-refractivity contribution in [3.05, 3.63) is 0 Å². The lowest BCUT2D eigenvalue weighted by atomic mass is 10.1. The molecule has 0 heterocycles. The molecule has 78 valence electrons. The number of rotatable bonds is 5. The first-order valence-corrected chi connectivity index (χ1v) is 5.24. The average Bonchev–Trinajstić information content (AvgIpc) is 2.11. The van der Waals surface area contributed by atoms with Crippen LogP contribution in [0.25, 0.3) is 0 Å². The molecule has 0 saturated carbocycles. The van der Waals surface area contributed by atoms with Crippen molar-refractivity contribution in [2.24, 2.45) is 5.92 Å². The minimum Gasteiger partial charge on any atom is -0.468 e. The second kappa shape index (κ2) is 6.38. The highest BCUT2D eigenvalue weighted by atomic mass is 79.9. The lowest BCUT2D eigenvalue weighted by Crippen LogP contribution is -2.26. The molecule has 4 heteroatoms. The van der Waals surface area contributed by atoms with Gasteiger partial charge in [0.25, 0.3) is 0 Å². The molecule has 13 heavy (non-hydrogen) atoms. The number of hydrogen-bond acceptors (Lipinski definition) is 3. The maximum absolute atomic E-state index is 10.9. The Morgan fingerprint density at radius 3 is 2.31 bits per heavy atom. The molecule has 0 aromatic rings. The number of carbonyl (C=O) groups is 1. The smallest absolute Gasteiger partial charge is 0.321 e. The van der Waals surface area contributed by atoms with Gasteiger partial charge in [0, 0.05) is 0 Å². The SMILES string of the molecule is COC(=O)C(Br)COC(C)C(C)C. The van der Waals surface area contributed by atoms with Crippen molar-refractivity contribution in [3.8, 4) is 0 Å². The third kappa shape index (κ3) is 5.26. The van der Waals surface area contributed by atoms with Crippen LogP contribution in [0.1, 0.15) is 20.8 Å². The predicted octanol–water partition coefficient (Wildman–Crippen LogP) is 1.98. The summed E-state index contributed by atoms with van der Waals surface area (Å²) >= 11 is 3.18. The normalized spacial score (nSPS) is 15.5. The molecule has 0 aliphatic rings. The van der Waals surface area contributed by atoms with Crippen molar-refractivity contribution in [2.45, 2.75) is 31.7 Å². The van der Waals surface area contributed by atoms with Gasteiger partial charge in [-0.25, -0.2) is 0 Å². The standard InChI is InChI=1S/C9H17BrO3/c1-6(2)7(3)13-5-8(10)9(11)12-4/h6-8H,5H2,1-4H3. The van der Waals surface area contributed by atoms with Gasteiger partial charge in [-0.2, -0.15) is 0 Å². The monoisotopic (exact) mass is 252 g/mol. The largest absolute Gasteiger partial charge is 0.468 e. The van der Waals surface area contributed by atoms with Crippen LogP contribution in [0.15, 0.2) is 0 Å². The molecule has 2 atom stereocenters. The highest BCUT2D eigenvalue weighted by molar-refractivity contribution is 9.10. The molecule has 0 radical (unpaired) electrons. The summed E-state index contributed by atoms with van der Waals surface area (Å²) in [4.78, 5) is 10.6. The Morgan fingerprint density at radius 1 is 1.38 bits per heavy atom. The van der Waals surface area contributed by atoms with Crippen molar-refractivity contribution in [2.75, 3.05) is 13.7 Å². The van der Waals surface area contributed by atoms with E-state index in [0.29, 0.717) is 12.5 Å². The third-order valence-corrected chi connectivity index (χ3v) is 2.54. The van der Waals surface area contributed by atoms with Crippen molar-refractivity contribution in [3.63, 3.8) is 0 Å². The van der Waals surface area contributed by atoms with E-state index < -0.39 is 0 Å². The Labute approximate surface area is 87.9 Å². The van der Waals surface area contributed by atoms with Crippen LogP contribution in [-0.2, 0) is 14.3 Å². The molecule has 3 nitrogen and oxygen atoms in total. The molecule has 2 unspecified atom stereocenters. The van der Waals surface area contributed by atoms with Crippen LogP contribution in [-0.4, -0.2) is 30.6 Å². The minimum absolute atomic E-state index is 0.157. The van der Waals surface area contributed by atoms with Gasteiger partial charge >= 0.3 is 5.97 Å². The van der Waals surface area contributed by atoms with E-state index in [1.54, 1.807) is 0 Å². The summed E-state index contributed by atoms with van der Waals surface area (Å²) in [5.41, 5.74) is 0. The number of methoxy groups -OCH3 is 1. The highest BCUT2D eigenvalue weighted by Crippen LogP contribution is 2.09. The van der Waals surface area contributed by atoms with Crippen LogP contribution in [0.3, 0.4) is 0 Å². The van der Waals surface area contributed by atoms with Gasteiger partial charge in [-0.05, 0) is 12.8 Å². The first-order valence-electron chi connectivity index (χ1n) is 4.32. The van der Waals surface area contributed by atoms with Gasteiger partial charge in [0.15, 0.2) is 0 Å². The number of halogens is 1. The van der Waals surface area contributed by atoms with Gasteiger partial charge in [0.05, 0.1) is 19.8 Å². The molecule has 0 bridgehead atoms. The molecule has 0 spiro atoms. The van der Waals surface area contributed by atoms with E-state index in [9.17, 15) is 4.79 Å². The van der Waals surface area contributed by atoms with Crippen LogP contribution < -0.4 is 0 Å². The molecule has 0 fully saturated rings. The molecule has 0 saturated heterocycles. The zero-order valence-corrected chi connectivity index (χ0v) is 10.1. The Bertz CT molecular complexity index is 159. The van der Waals surface area contributed by atoms with Crippen molar-refractivity contribution < 1.29 is 14.3 Å². The highest BCUT2D eigenvalue weighted by Gasteiger charge is 2.17. The number of alkyl halides is 1. The van der Waals surface area contributed by atoms with Crippen LogP contribution in [0.5, 0.6) is 0 Å². The molecular weight excluding hydrogens is 236 g/mol. The fourth-order valence-corrected chi connectivity index (χ4v) is 0.964. The Balaban J connectivity index is 3.69. The number of carbonyl (C=O) groups excluding carboxylic acids is 1. The molecule has 0 aliphatic carbocycles. The molecule has 0 aliphatic heterocycles. The summed E-state index contributed by atoms with van der Waals surface area (Å²) in [6.45, 7) is 6.49. The number of esters is 1. The zero-order chi connectivity index (χ0) is 10.4. The van der Waals surface area contributed by atoms with Crippen LogP contribution in [0, 0.1) is 5.92 Å². The van der Waals surface area contributed by atoms with Gasteiger partial charge in [-0.15, -0.1) is 0 Å². The van der Waals surface area contributed by atoms with Crippen LogP contribution in [0.2, 0.25) is 0 Å². The molecule has 0 aromatic heterocycles. The summed E-state index contributed by atoms with van der Waals surface area (Å²) in [6.07, 6.45) is 0.157. The van der Waals surface area contributed by atoms with E-state index in [1.165, 1.54) is 7.11 Å². The molecule has 0 rings (SSSR count). The van der Waals surface area contributed by atoms with E-state index in [1.807, 2.05) is 6.92 Å². The molecule has 0 aromatic carbocycles. The fourth-order valence-electron chi connectivity index (χ4n) is 0.625. The van der Waals surface area contributed by atoms with E-state index in [0.717, 1.165) is 0 Å². The summed E-state index contributed by atoms with van der Waals surface area (Å²) in [5.74, 6) is 0.160. The van der Waals surface area contributed by atoms with E-state index in [-0.39, 0.29) is 16.9 Å². The van der Waals surface area contributed by atoms with Gasteiger partial charge in [-0.3, -0.25) is 4.79 Å². The van der Waals surface area contributed by atoms with Crippen molar-refractivity contribution in [1.82, 2.24) is 0 Å². The second-order valence-corrected chi connectivity index (χ2v) is 4.38. The van der Waals surface area contributed by atoms with Gasteiger partial charge in [-0.1, -0.05) is 29.8 Å². The Kier molecular flexibility index (Phi) is 6.33. The maximum atomic E-state index is 10.9. The predicted molar refractivity (Wildman–Crippen MR) is 55.0 cm³/mol. The van der Waals surface area contributed by atoms with E-state index in [2.05, 4.69) is 34.5 Å². The van der Waals surface area contributed by atoms with Crippen LogP contribution >= 0.6 is 15.9 Å². The number of hydrogen-bond donors (Lipinski definition) is 0. The first kappa shape index (κ1) is 12.9. The Hall–Kier alpha value is -0.0900. The topological polar surface area (TPSA) is 35.5 Å². The summed E-state index contributed by atoms with van der Waals surface area (Å²) in [6, 6.07) is 0. The first-order chi connectivity index (χ1) is 5.99. The van der Waals surface area contributed by atoms with E-state index in [4.69, 9.17) is 4.74 Å². The van der Waals surface area contributed by atoms with E-state index >= 15 is 0 Å². The Morgan fingerprint density at radius 2 is 1.92 bits per heavy atom. The summed E-state index contributed by atoms with van der Waals surface area (Å²) < 4.78 is 9.98.